The number of imide groups is 1. The number of anilines is 1. The Balaban J connectivity index is 2.02. The van der Waals surface area contributed by atoms with E-state index in [0.29, 0.717) is 28.0 Å². The second-order valence-corrected chi connectivity index (χ2v) is 6.05. The lowest BCUT2D eigenvalue weighted by atomic mass is 9.85. The number of fused-ring (bicyclic) bond motifs is 1. The average molecular weight is 341 g/mol. The van der Waals surface area contributed by atoms with Gasteiger partial charge in [-0.3, -0.25) is 9.59 Å². The lowest BCUT2D eigenvalue weighted by molar-refractivity contribution is -0.122. The van der Waals surface area contributed by atoms with Crippen LogP contribution < -0.4 is 4.90 Å². The Hall–Kier alpha value is -1.13. The molecule has 0 bridgehead atoms. The topological polar surface area (TPSA) is 37.4 Å². The minimum Gasteiger partial charge on any atom is -0.274 e. The molecule has 3 rings (SSSR count). The van der Waals surface area contributed by atoms with Gasteiger partial charge in [0.15, 0.2) is 0 Å². The van der Waals surface area contributed by atoms with Crippen molar-refractivity contribution < 1.29 is 9.59 Å². The Morgan fingerprint density at radius 1 is 1.11 bits per heavy atom. The maximum atomic E-state index is 12.4. The quantitative estimate of drug-likeness (QED) is 0.579. The number of rotatable bonds is 1. The van der Waals surface area contributed by atoms with Gasteiger partial charge in [0, 0.05) is 9.50 Å². The molecule has 1 aromatic rings. The summed E-state index contributed by atoms with van der Waals surface area (Å²) in [7, 11) is 0. The van der Waals surface area contributed by atoms with E-state index in [0.717, 1.165) is 0 Å². The highest BCUT2D eigenvalue weighted by Crippen LogP contribution is 2.40. The van der Waals surface area contributed by atoms with Gasteiger partial charge in [-0.25, -0.2) is 4.90 Å². The van der Waals surface area contributed by atoms with Gasteiger partial charge in [-0.05, 0) is 47.0 Å². The lowest BCUT2D eigenvalue weighted by Crippen LogP contribution is -2.31. The maximum Gasteiger partial charge on any atom is 0.238 e. The molecule has 0 saturated carbocycles. The van der Waals surface area contributed by atoms with Crippen molar-refractivity contribution in [1.29, 1.82) is 0 Å². The summed E-state index contributed by atoms with van der Waals surface area (Å²) in [4.78, 5) is 26.1. The third-order valence-corrected chi connectivity index (χ3v) is 4.53. The number of amides is 2. The molecule has 98 valence electrons. The average Bonchev–Trinajstić information content (AvgIpc) is 2.64. The van der Waals surface area contributed by atoms with Crippen molar-refractivity contribution in [3.8, 4) is 0 Å². The van der Waals surface area contributed by atoms with E-state index in [1.54, 1.807) is 18.2 Å². The van der Waals surface area contributed by atoms with Crippen LogP contribution in [-0.4, -0.2) is 11.8 Å². The predicted octanol–water partition coefficient (Wildman–Crippen LogP) is 3.56. The van der Waals surface area contributed by atoms with Crippen LogP contribution in [0.2, 0.25) is 5.02 Å². The van der Waals surface area contributed by atoms with Crippen LogP contribution in [0.4, 0.5) is 5.69 Å². The first-order valence-electron chi connectivity index (χ1n) is 6.07. The summed E-state index contributed by atoms with van der Waals surface area (Å²) in [6.07, 6.45) is 5.26. The second-order valence-electron chi connectivity index (χ2n) is 4.76. The van der Waals surface area contributed by atoms with E-state index >= 15 is 0 Å². The minimum atomic E-state index is -0.208. The van der Waals surface area contributed by atoms with E-state index in [1.165, 1.54) is 4.90 Å². The number of benzene rings is 1. The van der Waals surface area contributed by atoms with Gasteiger partial charge >= 0.3 is 0 Å². The van der Waals surface area contributed by atoms with Crippen LogP contribution in [0, 0.1) is 11.8 Å². The van der Waals surface area contributed by atoms with Crippen molar-refractivity contribution in [2.24, 2.45) is 11.8 Å². The van der Waals surface area contributed by atoms with E-state index < -0.39 is 0 Å². The zero-order valence-corrected chi connectivity index (χ0v) is 12.3. The van der Waals surface area contributed by atoms with Gasteiger partial charge in [-0.2, -0.15) is 0 Å². The molecule has 1 heterocycles. The summed E-state index contributed by atoms with van der Waals surface area (Å²) in [6, 6.07) is 5.08. The smallest absolute Gasteiger partial charge is 0.238 e. The molecule has 0 N–H and O–H groups in total. The molecule has 1 aliphatic carbocycles. The highest BCUT2D eigenvalue weighted by atomic mass is 79.9. The van der Waals surface area contributed by atoms with E-state index in [1.807, 2.05) is 12.2 Å². The fourth-order valence-corrected chi connectivity index (χ4v) is 3.56. The zero-order chi connectivity index (χ0) is 13.6. The lowest BCUT2D eigenvalue weighted by Gasteiger charge is -2.16. The number of allylic oxidation sites excluding steroid dienone is 2. The number of carbonyl (C=O) groups excluding carboxylic acids is 2. The van der Waals surface area contributed by atoms with Crippen molar-refractivity contribution in [2.45, 2.75) is 12.8 Å². The van der Waals surface area contributed by atoms with Crippen molar-refractivity contribution in [3.05, 3.63) is 39.8 Å². The maximum absolute atomic E-state index is 12.4. The summed E-state index contributed by atoms with van der Waals surface area (Å²) in [6.45, 7) is 0. The summed E-state index contributed by atoms with van der Waals surface area (Å²) in [5.41, 5.74) is 0.578. The molecule has 1 aromatic carbocycles. The number of nitrogens with zero attached hydrogens (tertiary/aromatic N) is 1. The van der Waals surface area contributed by atoms with Gasteiger partial charge in [0.05, 0.1) is 17.5 Å². The zero-order valence-electron chi connectivity index (χ0n) is 9.98. The van der Waals surface area contributed by atoms with Crippen LogP contribution in [-0.2, 0) is 9.59 Å². The highest BCUT2D eigenvalue weighted by molar-refractivity contribution is 9.10. The van der Waals surface area contributed by atoms with Crippen molar-refractivity contribution in [1.82, 2.24) is 0 Å². The molecule has 0 radical (unpaired) electrons. The minimum absolute atomic E-state index is 0.109. The molecule has 0 aromatic heterocycles. The fraction of sp³-hybridized carbons (Fsp3) is 0.286. The molecule has 1 saturated heterocycles. The Bertz CT molecular complexity index is 573. The van der Waals surface area contributed by atoms with Crippen LogP contribution in [0.15, 0.2) is 34.8 Å². The number of halogens is 2. The highest BCUT2D eigenvalue weighted by Gasteiger charge is 2.48. The molecule has 1 fully saturated rings. The van der Waals surface area contributed by atoms with Crippen molar-refractivity contribution in [2.75, 3.05) is 4.90 Å². The molecule has 0 spiro atoms. The number of hydrogen-bond donors (Lipinski definition) is 0. The van der Waals surface area contributed by atoms with Gasteiger partial charge in [-0.1, -0.05) is 23.8 Å². The predicted molar refractivity (Wildman–Crippen MR) is 77.0 cm³/mol. The number of carbonyl (C=O) groups is 2. The molecule has 2 atom stereocenters. The molecule has 1 aliphatic heterocycles. The first-order chi connectivity index (χ1) is 9.09. The summed E-state index contributed by atoms with van der Waals surface area (Å²) in [5.74, 6) is -0.634. The van der Waals surface area contributed by atoms with E-state index in [-0.39, 0.29) is 23.7 Å². The van der Waals surface area contributed by atoms with Gasteiger partial charge in [0.1, 0.15) is 0 Å². The first kappa shape index (κ1) is 12.9. The molecule has 19 heavy (non-hydrogen) atoms. The SMILES string of the molecule is O=C1C2CC=CCC2C(=O)N1c1ccc(Cl)cc1Br. The van der Waals surface area contributed by atoms with Crippen LogP contribution in [0.25, 0.3) is 0 Å². The molecule has 5 heteroatoms. The van der Waals surface area contributed by atoms with Crippen molar-refractivity contribution >= 4 is 45.0 Å². The Morgan fingerprint density at radius 3 is 2.21 bits per heavy atom. The Morgan fingerprint density at radius 2 is 1.68 bits per heavy atom. The molecule has 2 aliphatic rings. The summed E-state index contributed by atoms with van der Waals surface area (Å²) >= 11 is 9.26. The standard InChI is InChI=1S/C14H11BrClNO2/c15-11-7-8(16)5-6-12(11)17-13(18)9-3-1-2-4-10(9)14(17)19/h1-2,5-7,9-10H,3-4H2. The Labute approximate surface area is 124 Å². The normalized spacial score (nSPS) is 25.9. The number of hydrogen-bond acceptors (Lipinski definition) is 2. The first-order valence-corrected chi connectivity index (χ1v) is 7.24. The Kier molecular flexibility index (Phi) is 3.23. The third kappa shape index (κ3) is 2.03. The van der Waals surface area contributed by atoms with E-state index in [9.17, 15) is 9.59 Å². The van der Waals surface area contributed by atoms with E-state index in [4.69, 9.17) is 11.6 Å². The van der Waals surface area contributed by atoms with Crippen LogP contribution in [0.5, 0.6) is 0 Å². The molecule has 3 nitrogen and oxygen atoms in total. The molecule has 2 unspecified atom stereocenters. The largest absolute Gasteiger partial charge is 0.274 e. The molecular formula is C14H11BrClNO2. The monoisotopic (exact) mass is 339 g/mol. The van der Waals surface area contributed by atoms with Crippen LogP contribution >= 0.6 is 27.5 Å². The van der Waals surface area contributed by atoms with Gasteiger partial charge < -0.3 is 0 Å². The van der Waals surface area contributed by atoms with Gasteiger partial charge in [0.2, 0.25) is 11.8 Å². The molecule has 2 amide bonds. The van der Waals surface area contributed by atoms with Gasteiger partial charge in [0.25, 0.3) is 0 Å². The van der Waals surface area contributed by atoms with Crippen molar-refractivity contribution in [3.63, 3.8) is 0 Å². The van der Waals surface area contributed by atoms with Gasteiger partial charge in [-0.15, -0.1) is 0 Å². The fourth-order valence-electron chi connectivity index (χ4n) is 2.70. The molecular weight excluding hydrogens is 330 g/mol. The summed E-state index contributed by atoms with van der Waals surface area (Å²) < 4.78 is 0.660. The van der Waals surface area contributed by atoms with E-state index in [2.05, 4.69) is 15.9 Å². The van der Waals surface area contributed by atoms with Crippen LogP contribution in [0.1, 0.15) is 12.8 Å². The second kappa shape index (κ2) is 4.76. The summed E-state index contributed by atoms with van der Waals surface area (Å²) in [5, 5.41) is 0.564. The van der Waals surface area contributed by atoms with Crippen LogP contribution in [0.3, 0.4) is 0 Å². The third-order valence-electron chi connectivity index (χ3n) is 3.66.